The van der Waals surface area contributed by atoms with Gasteiger partial charge in [-0.1, -0.05) is 82.5 Å². The molecular weight excluding hydrogens is 617 g/mol. The first kappa shape index (κ1) is 29.6. The summed E-state index contributed by atoms with van der Waals surface area (Å²) in [5, 5.41) is 10.4. The van der Waals surface area contributed by atoms with Gasteiger partial charge >= 0.3 is 5.97 Å². The molecule has 7 nitrogen and oxygen atoms in total. The maximum absolute atomic E-state index is 14.0. The molecule has 0 unspecified atom stereocenters. The SMILES string of the molecule is CCOC(=O)C1=C(C)N=c2s/c(=C\c3cc(Cl)cc(Cl)c3OCc3ccccc3C#N)c(=O)n2[C@H]1c1ccccc1Cl. The zero-order valence-corrected chi connectivity index (χ0v) is 25.4. The Bertz CT molecular complexity index is 1970. The molecule has 0 saturated heterocycles. The van der Waals surface area contributed by atoms with Crippen molar-refractivity contribution < 1.29 is 14.3 Å². The van der Waals surface area contributed by atoms with Crippen LogP contribution in [0.3, 0.4) is 0 Å². The van der Waals surface area contributed by atoms with Gasteiger partial charge in [-0.2, -0.15) is 5.26 Å². The number of nitriles is 1. The topological polar surface area (TPSA) is 93.7 Å². The lowest BCUT2D eigenvalue weighted by molar-refractivity contribution is -0.139. The van der Waals surface area contributed by atoms with E-state index in [1.807, 2.05) is 6.07 Å². The number of allylic oxidation sites excluding steroid dienone is 1. The second kappa shape index (κ2) is 12.6. The van der Waals surface area contributed by atoms with E-state index in [1.54, 1.807) is 74.5 Å². The van der Waals surface area contributed by atoms with E-state index in [4.69, 9.17) is 44.3 Å². The van der Waals surface area contributed by atoms with Gasteiger partial charge in [0, 0.05) is 21.2 Å². The van der Waals surface area contributed by atoms with Crippen LogP contribution in [-0.4, -0.2) is 17.1 Å². The molecule has 2 heterocycles. The van der Waals surface area contributed by atoms with Crippen LogP contribution < -0.4 is 19.6 Å². The lowest BCUT2D eigenvalue weighted by atomic mass is 9.96. The van der Waals surface area contributed by atoms with Crippen molar-refractivity contribution in [3.05, 3.63) is 129 Å². The summed E-state index contributed by atoms with van der Waals surface area (Å²) in [5.41, 5.74) is 2.45. The molecule has 1 atom stereocenters. The zero-order chi connectivity index (χ0) is 30.0. The number of fused-ring (bicyclic) bond motifs is 1. The molecule has 0 radical (unpaired) electrons. The number of carbonyl (C=O) groups is 1. The van der Waals surface area contributed by atoms with Crippen molar-refractivity contribution in [1.82, 2.24) is 4.57 Å². The fourth-order valence-corrected chi connectivity index (χ4v) is 6.51. The number of hydrogen-bond acceptors (Lipinski definition) is 7. The molecule has 1 aromatic heterocycles. The number of nitrogens with zero attached hydrogens (tertiary/aromatic N) is 3. The van der Waals surface area contributed by atoms with Gasteiger partial charge in [0.15, 0.2) is 4.80 Å². The highest BCUT2D eigenvalue weighted by molar-refractivity contribution is 7.07. The highest BCUT2D eigenvalue weighted by Gasteiger charge is 2.34. The molecule has 1 aliphatic heterocycles. The highest BCUT2D eigenvalue weighted by atomic mass is 35.5. The molecule has 5 rings (SSSR count). The van der Waals surface area contributed by atoms with Gasteiger partial charge in [0.1, 0.15) is 18.4 Å². The van der Waals surface area contributed by atoms with Crippen LogP contribution in [-0.2, 0) is 16.1 Å². The molecule has 0 amide bonds. The van der Waals surface area contributed by atoms with E-state index in [0.29, 0.717) is 53.1 Å². The van der Waals surface area contributed by atoms with Crippen molar-refractivity contribution in [3.63, 3.8) is 0 Å². The number of ether oxygens (including phenoxy) is 2. The lowest BCUT2D eigenvalue weighted by Gasteiger charge is -2.25. The number of esters is 1. The maximum atomic E-state index is 14.0. The first-order valence-corrected chi connectivity index (χ1v) is 14.7. The first-order chi connectivity index (χ1) is 20.2. The molecule has 11 heteroatoms. The molecular formula is C31H22Cl3N3O4S. The van der Waals surface area contributed by atoms with E-state index in [-0.39, 0.29) is 23.8 Å². The zero-order valence-electron chi connectivity index (χ0n) is 22.4. The number of hydrogen-bond donors (Lipinski definition) is 0. The molecule has 0 aliphatic carbocycles. The maximum Gasteiger partial charge on any atom is 0.338 e. The monoisotopic (exact) mass is 637 g/mol. The molecule has 4 aromatic rings. The quantitative estimate of drug-likeness (QED) is 0.225. The van der Waals surface area contributed by atoms with Crippen molar-refractivity contribution in [2.45, 2.75) is 26.5 Å². The minimum absolute atomic E-state index is 0.0712. The van der Waals surface area contributed by atoms with Crippen LogP contribution in [0.15, 0.2) is 81.7 Å². The van der Waals surface area contributed by atoms with Crippen molar-refractivity contribution in [1.29, 1.82) is 5.26 Å². The van der Waals surface area contributed by atoms with Gasteiger partial charge in [0.05, 0.1) is 39.1 Å². The molecule has 0 bridgehead atoms. The third kappa shape index (κ3) is 5.74. The minimum Gasteiger partial charge on any atom is -0.487 e. The Morgan fingerprint density at radius 3 is 2.60 bits per heavy atom. The van der Waals surface area contributed by atoms with Gasteiger partial charge in [0.25, 0.3) is 5.56 Å². The van der Waals surface area contributed by atoms with E-state index in [9.17, 15) is 14.9 Å². The molecule has 3 aromatic carbocycles. The van der Waals surface area contributed by atoms with Crippen LogP contribution in [0.1, 0.15) is 42.1 Å². The molecule has 42 heavy (non-hydrogen) atoms. The van der Waals surface area contributed by atoms with Gasteiger partial charge in [-0.05, 0) is 49.8 Å². The van der Waals surface area contributed by atoms with Gasteiger partial charge < -0.3 is 9.47 Å². The molecule has 0 spiro atoms. The fraction of sp³-hybridized carbons (Fsp3) is 0.161. The summed E-state index contributed by atoms with van der Waals surface area (Å²) in [4.78, 5) is 32.1. The number of carbonyl (C=O) groups excluding carboxylic acids is 1. The number of benzene rings is 3. The van der Waals surface area contributed by atoms with Crippen molar-refractivity contribution >= 4 is 58.2 Å². The van der Waals surface area contributed by atoms with Gasteiger partial charge in [-0.15, -0.1) is 0 Å². The van der Waals surface area contributed by atoms with Crippen molar-refractivity contribution in [3.8, 4) is 11.8 Å². The van der Waals surface area contributed by atoms with Crippen LogP contribution in [0.25, 0.3) is 6.08 Å². The third-order valence-corrected chi connectivity index (χ3v) is 8.38. The van der Waals surface area contributed by atoms with E-state index < -0.39 is 17.6 Å². The molecule has 0 fully saturated rings. The summed E-state index contributed by atoms with van der Waals surface area (Å²) in [5.74, 6) is -0.279. The van der Waals surface area contributed by atoms with E-state index in [2.05, 4.69) is 11.1 Å². The fourth-order valence-electron chi connectivity index (χ4n) is 4.67. The Morgan fingerprint density at radius 2 is 1.86 bits per heavy atom. The predicted molar refractivity (Wildman–Crippen MR) is 164 cm³/mol. The van der Waals surface area contributed by atoms with Crippen LogP contribution >= 0.6 is 46.1 Å². The molecule has 0 N–H and O–H groups in total. The normalized spacial score (nSPS) is 14.7. The van der Waals surface area contributed by atoms with Gasteiger partial charge in [0.2, 0.25) is 0 Å². The van der Waals surface area contributed by atoms with Crippen molar-refractivity contribution in [2.24, 2.45) is 4.99 Å². The number of halogens is 3. The van der Waals surface area contributed by atoms with Crippen molar-refractivity contribution in [2.75, 3.05) is 6.61 Å². The molecule has 212 valence electrons. The summed E-state index contributed by atoms with van der Waals surface area (Å²) in [7, 11) is 0. The summed E-state index contributed by atoms with van der Waals surface area (Å²) < 4.78 is 13.2. The second-order valence-corrected chi connectivity index (χ2v) is 11.4. The third-order valence-electron chi connectivity index (χ3n) is 6.55. The Hall–Kier alpha value is -3.87. The van der Waals surface area contributed by atoms with Gasteiger partial charge in [-0.25, -0.2) is 9.79 Å². The largest absolute Gasteiger partial charge is 0.487 e. The van der Waals surface area contributed by atoms with Gasteiger partial charge in [-0.3, -0.25) is 9.36 Å². The van der Waals surface area contributed by atoms with E-state index in [1.165, 1.54) is 4.57 Å². The summed E-state index contributed by atoms with van der Waals surface area (Å²) >= 11 is 20.6. The Morgan fingerprint density at radius 1 is 1.12 bits per heavy atom. The van der Waals surface area contributed by atoms with Crippen LogP contribution in [0.2, 0.25) is 15.1 Å². The predicted octanol–water partition coefficient (Wildman–Crippen LogP) is 6.21. The number of aromatic nitrogens is 1. The average Bonchev–Trinajstić information content (AvgIpc) is 3.26. The minimum atomic E-state index is -0.850. The number of thiazole rings is 1. The van der Waals surface area contributed by atoms with E-state index in [0.717, 1.165) is 11.3 Å². The average molecular weight is 639 g/mol. The highest BCUT2D eigenvalue weighted by Crippen LogP contribution is 2.36. The van der Waals surface area contributed by atoms with Crippen LogP contribution in [0.4, 0.5) is 0 Å². The Balaban J connectivity index is 1.66. The smallest absolute Gasteiger partial charge is 0.338 e. The lowest BCUT2D eigenvalue weighted by Crippen LogP contribution is -2.40. The van der Waals surface area contributed by atoms with Crippen LogP contribution in [0, 0.1) is 11.3 Å². The Kier molecular flexibility index (Phi) is 8.85. The van der Waals surface area contributed by atoms with E-state index >= 15 is 0 Å². The summed E-state index contributed by atoms with van der Waals surface area (Å²) in [6.45, 7) is 3.64. The second-order valence-electron chi connectivity index (χ2n) is 9.19. The Labute approximate surface area is 260 Å². The standard InChI is InChI=1S/C31H22Cl3N3O4S/c1-3-40-30(39)26-17(2)36-31-37(27(26)22-10-6-7-11-23(22)33)29(38)25(42-31)13-20-12-21(32)14-24(34)28(20)41-16-19-9-5-4-8-18(19)15-35/h4-14,27H,3,16H2,1-2H3/b25-13-/t27-/m0/s1. The summed E-state index contributed by atoms with van der Waals surface area (Å²) in [6.07, 6.45) is 1.63. The van der Waals surface area contributed by atoms with Crippen LogP contribution in [0.5, 0.6) is 5.75 Å². The molecule has 1 aliphatic rings. The number of rotatable bonds is 7. The summed E-state index contributed by atoms with van der Waals surface area (Å²) in [6, 6.07) is 18.6. The molecule has 0 saturated carbocycles. The first-order valence-electron chi connectivity index (χ1n) is 12.8.